The van der Waals surface area contributed by atoms with Crippen molar-refractivity contribution in [3.8, 4) is 0 Å². The maximum absolute atomic E-state index is 11.4. The third kappa shape index (κ3) is 2.02. The normalized spacial score (nSPS) is 16.7. The predicted molar refractivity (Wildman–Crippen MR) is 70.5 cm³/mol. The minimum Gasteiger partial charge on any atom is -0.479 e. The number of hydrogen-bond donors (Lipinski definition) is 2. The molecule has 1 aromatic rings. The topological polar surface area (TPSA) is 87.0 Å². The lowest BCUT2D eigenvalue weighted by molar-refractivity contribution is -0.153. The van der Waals surface area contributed by atoms with Gasteiger partial charge < -0.3 is 10.2 Å². The molecule has 0 aromatic heterocycles. The number of rotatable bonds is 3. The van der Waals surface area contributed by atoms with Gasteiger partial charge in [0, 0.05) is 16.3 Å². The number of aliphatic imine (C=N–C) groups is 1. The molecule has 0 spiro atoms. The molecule has 0 aliphatic carbocycles. The van der Waals surface area contributed by atoms with Crippen molar-refractivity contribution in [3.63, 3.8) is 0 Å². The van der Waals surface area contributed by atoms with Gasteiger partial charge in [0.05, 0.1) is 0 Å². The van der Waals surface area contributed by atoms with Gasteiger partial charge in [0.25, 0.3) is 5.54 Å². The number of aliphatic carboxylic acids is 2. The SMILES string of the molecule is CC1=NC(C(=O)O)(C(=O)O)C(c2cccc(Cl)c2)=C1. The van der Waals surface area contributed by atoms with Crippen molar-refractivity contribution in [2.75, 3.05) is 0 Å². The summed E-state index contributed by atoms with van der Waals surface area (Å²) >= 11 is 5.85. The zero-order chi connectivity index (χ0) is 14.2. The summed E-state index contributed by atoms with van der Waals surface area (Å²) in [5.74, 6) is -3.05. The fraction of sp³-hybridized carbons (Fsp3) is 0.154. The van der Waals surface area contributed by atoms with Crippen LogP contribution in [0.1, 0.15) is 12.5 Å². The lowest BCUT2D eigenvalue weighted by Crippen LogP contribution is -2.44. The summed E-state index contributed by atoms with van der Waals surface area (Å²) in [6.45, 7) is 1.55. The zero-order valence-corrected chi connectivity index (χ0v) is 10.7. The fourth-order valence-corrected chi connectivity index (χ4v) is 2.23. The van der Waals surface area contributed by atoms with E-state index in [-0.39, 0.29) is 5.57 Å². The highest BCUT2D eigenvalue weighted by Crippen LogP contribution is 2.37. The van der Waals surface area contributed by atoms with Gasteiger partial charge in [-0.3, -0.25) is 4.99 Å². The molecule has 0 saturated heterocycles. The van der Waals surface area contributed by atoms with Gasteiger partial charge in [-0.15, -0.1) is 0 Å². The molecule has 19 heavy (non-hydrogen) atoms. The van der Waals surface area contributed by atoms with Crippen molar-refractivity contribution < 1.29 is 19.8 Å². The van der Waals surface area contributed by atoms with Crippen LogP contribution in [0.3, 0.4) is 0 Å². The highest BCUT2D eigenvalue weighted by molar-refractivity contribution is 6.31. The van der Waals surface area contributed by atoms with Crippen molar-refractivity contribution >= 4 is 34.8 Å². The lowest BCUT2D eigenvalue weighted by Gasteiger charge is -2.20. The van der Waals surface area contributed by atoms with Crippen LogP contribution in [-0.4, -0.2) is 33.4 Å². The maximum Gasteiger partial charge on any atom is 0.348 e. The second-order valence-corrected chi connectivity index (χ2v) is 4.58. The monoisotopic (exact) mass is 279 g/mol. The Morgan fingerprint density at radius 2 is 1.89 bits per heavy atom. The minimum atomic E-state index is -2.30. The highest BCUT2D eigenvalue weighted by atomic mass is 35.5. The number of halogens is 1. The van der Waals surface area contributed by atoms with Crippen LogP contribution in [0.25, 0.3) is 5.57 Å². The van der Waals surface area contributed by atoms with Gasteiger partial charge in [-0.1, -0.05) is 23.7 Å². The van der Waals surface area contributed by atoms with E-state index in [9.17, 15) is 19.8 Å². The molecule has 0 fully saturated rings. The first-order chi connectivity index (χ1) is 8.87. The Balaban J connectivity index is 2.65. The standard InChI is InChI=1S/C13H10ClNO4/c1-7-5-10(8-3-2-4-9(14)6-8)13(15-7,11(16)17)12(18)19/h2-6H,1H3,(H,16,17)(H,18,19). The molecule has 98 valence electrons. The van der Waals surface area contributed by atoms with E-state index in [2.05, 4.69) is 4.99 Å². The van der Waals surface area contributed by atoms with Gasteiger partial charge >= 0.3 is 11.9 Å². The summed E-state index contributed by atoms with van der Waals surface area (Å²) in [5.41, 5.74) is -1.42. The summed E-state index contributed by atoms with van der Waals surface area (Å²) in [6, 6.07) is 6.37. The van der Waals surface area contributed by atoms with Gasteiger partial charge in [0.1, 0.15) is 0 Å². The van der Waals surface area contributed by atoms with Crippen molar-refractivity contribution in [1.82, 2.24) is 0 Å². The Kier molecular flexibility index (Phi) is 3.16. The van der Waals surface area contributed by atoms with E-state index < -0.39 is 17.5 Å². The zero-order valence-electron chi connectivity index (χ0n) is 9.92. The van der Waals surface area contributed by atoms with Gasteiger partial charge in [0.15, 0.2) is 0 Å². The molecule has 1 aliphatic rings. The molecule has 0 saturated carbocycles. The van der Waals surface area contributed by atoms with Gasteiger partial charge in [-0.25, -0.2) is 9.59 Å². The smallest absolute Gasteiger partial charge is 0.348 e. The largest absolute Gasteiger partial charge is 0.479 e. The van der Waals surface area contributed by atoms with Gasteiger partial charge in [-0.05, 0) is 30.7 Å². The molecule has 1 heterocycles. The molecule has 1 aliphatic heterocycles. The Morgan fingerprint density at radius 1 is 1.26 bits per heavy atom. The highest BCUT2D eigenvalue weighted by Gasteiger charge is 2.53. The van der Waals surface area contributed by atoms with Gasteiger partial charge in [0.2, 0.25) is 0 Å². The second-order valence-electron chi connectivity index (χ2n) is 4.14. The molecule has 0 atom stereocenters. The summed E-state index contributed by atoms with van der Waals surface area (Å²) in [7, 11) is 0. The number of carboxylic acids is 2. The van der Waals surface area contributed by atoms with Crippen LogP contribution in [0.5, 0.6) is 0 Å². The van der Waals surface area contributed by atoms with Crippen LogP contribution in [0, 0.1) is 0 Å². The lowest BCUT2D eigenvalue weighted by atomic mass is 9.86. The average Bonchev–Trinajstić information content (AvgIpc) is 2.68. The first-order valence-corrected chi connectivity index (χ1v) is 5.77. The maximum atomic E-state index is 11.4. The molecular weight excluding hydrogens is 270 g/mol. The first-order valence-electron chi connectivity index (χ1n) is 5.39. The van der Waals surface area contributed by atoms with E-state index in [0.29, 0.717) is 16.3 Å². The van der Waals surface area contributed by atoms with E-state index >= 15 is 0 Å². The molecule has 2 rings (SSSR count). The summed E-state index contributed by atoms with van der Waals surface area (Å²) in [4.78, 5) is 26.6. The number of benzene rings is 1. The quantitative estimate of drug-likeness (QED) is 0.830. The van der Waals surface area contributed by atoms with E-state index in [4.69, 9.17) is 11.6 Å². The van der Waals surface area contributed by atoms with Crippen molar-refractivity contribution in [2.24, 2.45) is 4.99 Å². The molecule has 6 heteroatoms. The third-order valence-corrected chi connectivity index (χ3v) is 3.08. The van der Waals surface area contributed by atoms with Crippen molar-refractivity contribution in [3.05, 3.63) is 40.9 Å². The molecule has 0 amide bonds. The Morgan fingerprint density at radius 3 is 2.42 bits per heavy atom. The second kappa shape index (κ2) is 4.51. The molecule has 0 radical (unpaired) electrons. The Hall–Kier alpha value is -2.14. The number of hydrogen-bond acceptors (Lipinski definition) is 3. The third-order valence-electron chi connectivity index (χ3n) is 2.84. The van der Waals surface area contributed by atoms with Crippen LogP contribution in [0.15, 0.2) is 35.3 Å². The van der Waals surface area contributed by atoms with E-state index in [1.54, 1.807) is 25.1 Å². The van der Waals surface area contributed by atoms with Crippen LogP contribution >= 0.6 is 11.6 Å². The van der Waals surface area contributed by atoms with Crippen LogP contribution in [0.4, 0.5) is 0 Å². The molecule has 5 nitrogen and oxygen atoms in total. The molecule has 2 N–H and O–H groups in total. The fourth-order valence-electron chi connectivity index (χ4n) is 2.04. The van der Waals surface area contributed by atoms with Gasteiger partial charge in [-0.2, -0.15) is 0 Å². The number of carboxylic acid groups (broad SMARTS) is 2. The predicted octanol–water partition coefficient (Wildman–Crippen LogP) is 2.11. The Bertz CT molecular complexity index is 619. The van der Waals surface area contributed by atoms with Crippen molar-refractivity contribution in [2.45, 2.75) is 12.5 Å². The van der Waals surface area contributed by atoms with E-state index in [0.717, 1.165) is 0 Å². The number of allylic oxidation sites excluding steroid dienone is 1. The minimum absolute atomic E-state index is 0.104. The molecular formula is C13H10ClNO4. The molecule has 0 bridgehead atoms. The summed E-state index contributed by atoms with van der Waals surface area (Å²) < 4.78 is 0. The summed E-state index contributed by atoms with van der Waals surface area (Å²) in [5, 5.41) is 19.0. The van der Waals surface area contributed by atoms with E-state index in [1.165, 1.54) is 12.1 Å². The van der Waals surface area contributed by atoms with E-state index in [1.807, 2.05) is 0 Å². The van der Waals surface area contributed by atoms with Crippen LogP contribution in [-0.2, 0) is 9.59 Å². The first kappa shape index (κ1) is 13.3. The van der Waals surface area contributed by atoms with Crippen LogP contribution < -0.4 is 0 Å². The molecule has 1 aromatic carbocycles. The Labute approximate surface area is 113 Å². The summed E-state index contributed by atoms with van der Waals surface area (Å²) in [6.07, 6.45) is 1.45. The number of carbonyl (C=O) groups is 2. The van der Waals surface area contributed by atoms with Crippen LogP contribution in [0.2, 0.25) is 5.02 Å². The molecule has 0 unspecified atom stereocenters. The number of nitrogens with zero attached hydrogens (tertiary/aromatic N) is 1. The average molecular weight is 280 g/mol. The van der Waals surface area contributed by atoms with Crippen molar-refractivity contribution in [1.29, 1.82) is 0 Å².